The second kappa shape index (κ2) is 7.14. The number of halogens is 1. The minimum absolute atomic E-state index is 0. The average Bonchev–Trinajstić information content (AvgIpc) is 2.72. The van der Waals surface area contributed by atoms with Gasteiger partial charge in [-0.25, -0.2) is 0 Å². The molecule has 0 spiro atoms. The van der Waals surface area contributed by atoms with Crippen LogP contribution in [0.5, 0.6) is 5.75 Å². The summed E-state index contributed by atoms with van der Waals surface area (Å²) in [6.45, 7) is 4.52. The van der Waals surface area contributed by atoms with E-state index in [0.717, 1.165) is 43.7 Å². The van der Waals surface area contributed by atoms with Crippen molar-refractivity contribution in [1.82, 2.24) is 10.2 Å². The van der Waals surface area contributed by atoms with Gasteiger partial charge in [0.25, 0.3) is 5.91 Å². The zero-order valence-corrected chi connectivity index (χ0v) is 13.2. The molecule has 0 aromatic heterocycles. The van der Waals surface area contributed by atoms with Gasteiger partial charge in [-0.3, -0.25) is 4.79 Å². The molecule has 1 amide bonds. The van der Waals surface area contributed by atoms with Crippen molar-refractivity contribution in [3.63, 3.8) is 0 Å². The van der Waals surface area contributed by atoms with Crippen molar-refractivity contribution in [3.05, 3.63) is 29.8 Å². The van der Waals surface area contributed by atoms with Crippen LogP contribution in [-0.2, 0) is 0 Å². The molecule has 2 bridgehead atoms. The van der Waals surface area contributed by atoms with Crippen molar-refractivity contribution >= 4 is 18.3 Å². The lowest BCUT2D eigenvalue weighted by Gasteiger charge is -2.28. The number of carbonyl (C=O) groups excluding carboxylic acids is 1. The summed E-state index contributed by atoms with van der Waals surface area (Å²) >= 11 is 0. The number of rotatable bonds is 3. The first kappa shape index (κ1) is 16.1. The van der Waals surface area contributed by atoms with Crippen LogP contribution in [0.2, 0.25) is 0 Å². The second-order valence-electron chi connectivity index (χ2n) is 5.55. The van der Waals surface area contributed by atoms with Crippen LogP contribution < -0.4 is 10.1 Å². The summed E-state index contributed by atoms with van der Waals surface area (Å²) < 4.78 is 5.49. The van der Waals surface area contributed by atoms with Crippen molar-refractivity contribution in [3.8, 4) is 5.75 Å². The van der Waals surface area contributed by atoms with Crippen LogP contribution in [-0.4, -0.2) is 42.6 Å². The predicted octanol–water partition coefficient (Wildman–Crippen LogP) is 2.47. The molecule has 1 aromatic rings. The zero-order chi connectivity index (χ0) is 13.9. The minimum Gasteiger partial charge on any atom is -0.494 e. The number of carbonyl (C=O) groups is 1. The van der Waals surface area contributed by atoms with Crippen LogP contribution in [0.1, 0.15) is 36.5 Å². The standard InChI is InChI=1S/C16H22N2O2.ClH/c1-2-20-15-5-3-4-12(10-15)16(19)18-13-6-7-14(18)11-17-9-8-13;/h3-5,10,13-14,17H,2,6-9,11H2,1H3;1H. The Balaban J connectivity index is 0.00000161. The van der Waals surface area contributed by atoms with Crippen molar-refractivity contribution in [1.29, 1.82) is 0 Å². The maximum absolute atomic E-state index is 12.8. The van der Waals surface area contributed by atoms with Gasteiger partial charge in [0.2, 0.25) is 0 Å². The van der Waals surface area contributed by atoms with Gasteiger partial charge in [-0.05, 0) is 50.9 Å². The van der Waals surface area contributed by atoms with Crippen LogP contribution in [0.15, 0.2) is 24.3 Å². The number of amides is 1. The lowest BCUT2D eigenvalue weighted by molar-refractivity contribution is 0.0680. The Morgan fingerprint density at radius 1 is 1.33 bits per heavy atom. The molecule has 2 heterocycles. The molecule has 2 saturated heterocycles. The maximum atomic E-state index is 12.8. The molecular formula is C16H23ClN2O2. The number of hydrogen-bond acceptors (Lipinski definition) is 3. The highest BCUT2D eigenvalue weighted by Crippen LogP contribution is 2.30. The molecular weight excluding hydrogens is 288 g/mol. The van der Waals surface area contributed by atoms with Gasteiger partial charge in [0.1, 0.15) is 5.75 Å². The largest absolute Gasteiger partial charge is 0.494 e. The van der Waals surface area contributed by atoms with E-state index < -0.39 is 0 Å². The fourth-order valence-electron chi connectivity index (χ4n) is 3.35. The van der Waals surface area contributed by atoms with Gasteiger partial charge in [-0.2, -0.15) is 0 Å². The summed E-state index contributed by atoms with van der Waals surface area (Å²) in [5, 5.41) is 3.43. The van der Waals surface area contributed by atoms with E-state index >= 15 is 0 Å². The highest BCUT2D eigenvalue weighted by atomic mass is 35.5. The first-order valence-corrected chi connectivity index (χ1v) is 7.56. The summed E-state index contributed by atoms with van der Waals surface area (Å²) in [5.74, 6) is 0.932. The van der Waals surface area contributed by atoms with Crippen molar-refractivity contribution in [2.45, 2.75) is 38.3 Å². The summed E-state index contributed by atoms with van der Waals surface area (Å²) in [6.07, 6.45) is 3.32. The molecule has 2 aliphatic rings. The quantitative estimate of drug-likeness (QED) is 0.932. The number of fused-ring (bicyclic) bond motifs is 2. The van der Waals surface area contributed by atoms with Gasteiger partial charge in [0.15, 0.2) is 0 Å². The minimum atomic E-state index is 0. The van der Waals surface area contributed by atoms with Gasteiger partial charge in [-0.1, -0.05) is 6.07 Å². The number of ether oxygens (including phenoxy) is 1. The Labute approximate surface area is 132 Å². The van der Waals surface area contributed by atoms with E-state index in [9.17, 15) is 4.79 Å². The molecule has 1 aromatic carbocycles. The van der Waals surface area contributed by atoms with Gasteiger partial charge < -0.3 is 15.0 Å². The smallest absolute Gasteiger partial charge is 0.254 e. The van der Waals surface area contributed by atoms with E-state index in [4.69, 9.17) is 4.74 Å². The summed E-state index contributed by atoms with van der Waals surface area (Å²) in [6, 6.07) is 8.31. The number of nitrogens with one attached hydrogen (secondary N) is 1. The second-order valence-corrected chi connectivity index (χ2v) is 5.55. The molecule has 0 aliphatic carbocycles. The zero-order valence-electron chi connectivity index (χ0n) is 12.4. The fraction of sp³-hybridized carbons (Fsp3) is 0.562. The molecule has 2 aliphatic heterocycles. The first-order chi connectivity index (χ1) is 9.79. The molecule has 2 unspecified atom stereocenters. The molecule has 3 rings (SSSR count). The highest BCUT2D eigenvalue weighted by Gasteiger charge is 2.38. The van der Waals surface area contributed by atoms with E-state index in [1.54, 1.807) is 0 Å². The highest BCUT2D eigenvalue weighted by molar-refractivity contribution is 5.95. The lowest BCUT2D eigenvalue weighted by atomic mass is 10.1. The third kappa shape index (κ3) is 3.33. The monoisotopic (exact) mass is 310 g/mol. The molecule has 0 saturated carbocycles. The first-order valence-electron chi connectivity index (χ1n) is 7.56. The van der Waals surface area contributed by atoms with Crippen molar-refractivity contribution < 1.29 is 9.53 Å². The van der Waals surface area contributed by atoms with Gasteiger partial charge in [-0.15, -0.1) is 12.4 Å². The Kier molecular flexibility index (Phi) is 5.48. The number of benzene rings is 1. The van der Waals surface area contributed by atoms with Crippen LogP contribution in [0.4, 0.5) is 0 Å². The van der Waals surface area contributed by atoms with Gasteiger partial charge in [0.05, 0.1) is 6.61 Å². The predicted molar refractivity (Wildman–Crippen MR) is 85.3 cm³/mol. The van der Waals surface area contributed by atoms with Crippen molar-refractivity contribution in [2.24, 2.45) is 0 Å². The lowest BCUT2D eigenvalue weighted by Crippen LogP contribution is -2.42. The summed E-state index contributed by atoms with van der Waals surface area (Å²) in [5.41, 5.74) is 0.745. The Morgan fingerprint density at radius 2 is 2.14 bits per heavy atom. The normalized spacial score (nSPS) is 24.1. The molecule has 4 nitrogen and oxygen atoms in total. The summed E-state index contributed by atoms with van der Waals surface area (Å²) in [4.78, 5) is 14.9. The third-order valence-electron chi connectivity index (χ3n) is 4.28. The molecule has 0 radical (unpaired) electrons. The van der Waals surface area contributed by atoms with Crippen LogP contribution in [0.3, 0.4) is 0 Å². The SMILES string of the molecule is CCOc1cccc(C(=O)N2C3CCNCC2CC3)c1.Cl. The molecule has 21 heavy (non-hydrogen) atoms. The van der Waals surface area contributed by atoms with E-state index in [1.807, 2.05) is 31.2 Å². The van der Waals surface area contributed by atoms with E-state index in [0.29, 0.717) is 18.7 Å². The molecule has 5 heteroatoms. The van der Waals surface area contributed by atoms with Crippen LogP contribution >= 0.6 is 12.4 Å². The molecule has 1 N–H and O–H groups in total. The van der Waals surface area contributed by atoms with Crippen molar-refractivity contribution in [2.75, 3.05) is 19.7 Å². The molecule has 2 fully saturated rings. The Bertz CT molecular complexity index is 481. The number of nitrogens with zero attached hydrogens (tertiary/aromatic N) is 1. The van der Waals surface area contributed by atoms with Crippen LogP contribution in [0, 0.1) is 0 Å². The fourth-order valence-corrected chi connectivity index (χ4v) is 3.35. The Hall–Kier alpha value is -1.26. The van der Waals surface area contributed by atoms with Crippen LogP contribution in [0.25, 0.3) is 0 Å². The molecule has 2 atom stereocenters. The third-order valence-corrected chi connectivity index (χ3v) is 4.28. The summed E-state index contributed by atoms with van der Waals surface area (Å²) in [7, 11) is 0. The van der Waals surface area contributed by atoms with E-state index in [1.165, 1.54) is 0 Å². The van der Waals surface area contributed by atoms with Gasteiger partial charge >= 0.3 is 0 Å². The van der Waals surface area contributed by atoms with E-state index in [2.05, 4.69) is 10.2 Å². The van der Waals surface area contributed by atoms with E-state index in [-0.39, 0.29) is 18.3 Å². The maximum Gasteiger partial charge on any atom is 0.254 e. The van der Waals surface area contributed by atoms with Gasteiger partial charge in [0, 0.05) is 24.2 Å². The molecule has 116 valence electrons. The number of hydrogen-bond donors (Lipinski definition) is 1. The Morgan fingerprint density at radius 3 is 2.95 bits per heavy atom. The average molecular weight is 311 g/mol. The topological polar surface area (TPSA) is 41.6 Å².